The molecule has 0 aliphatic rings. The van der Waals surface area contributed by atoms with E-state index in [2.05, 4.69) is 139 Å². The van der Waals surface area contributed by atoms with Gasteiger partial charge in [0.05, 0.1) is 0 Å². The Hall–Kier alpha value is -3.04. The van der Waals surface area contributed by atoms with E-state index < -0.39 is 0 Å². The number of fused-ring (bicyclic) bond motifs is 1. The minimum Gasteiger partial charge on any atom is -0.673 e. The molecule has 1 unspecified atom stereocenters. The van der Waals surface area contributed by atoms with Gasteiger partial charge >= 0.3 is 0 Å². The Labute approximate surface area is 273 Å². The van der Waals surface area contributed by atoms with E-state index in [0.29, 0.717) is 11.8 Å². The smallest absolute Gasteiger partial charge is 0.0195 e. The third kappa shape index (κ3) is 8.07. The van der Waals surface area contributed by atoms with Crippen molar-refractivity contribution in [3.63, 3.8) is 0 Å². The van der Waals surface area contributed by atoms with Gasteiger partial charge in [-0.3, -0.25) is 0 Å². The summed E-state index contributed by atoms with van der Waals surface area (Å²) in [5, 5.41) is 7.84. The monoisotopic (exact) mass is 721 g/mol. The van der Waals surface area contributed by atoms with Crippen LogP contribution in [-0.4, -0.2) is 4.98 Å². The van der Waals surface area contributed by atoms with Gasteiger partial charge in [-0.05, 0) is 42.1 Å². The zero-order valence-corrected chi connectivity index (χ0v) is 30.2. The van der Waals surface area contributed by atoms with Crippen molar-refractivity contribution in [1.29, 1.82) is 0 Å². The molecule has 1 aromatic heterocycles. The van der Waals surface area contributed by atoms with Crippen molar-refractivity contribution in [3.8, 4) is 11.3 Å². The largest absolute Gasteiger partial charge is 0.673 e. The summed E-state index contributed by atoms with van der Waals surface area (Å²) in [6.07, 6.45) is 0. The number of aromatic nitrogens is 1. The second kappa shape index (κ2) is 17.2. The molecule has 5 rings (SSSR count). The van der Waals surface area contributed by atoms with Crippen LogP contribution < -0.4 is 0 Å². The molecule has 0 spiro atoms. The Morgan fingerprint density at radius 1 is 0.690 bits per heavy atom. The Balaban J connectivity index is 0.00000118. The van der Waals surface area contributed by atoms with Gasteiger partial charge in [-0.25, -0.2) is 0 Å². The van der Waals surface area contributed by atoms with Crippen LogP contribution in [0, 0.1) is 19.9 Å². The molecule has 0 bridgehead atoms. The molecule has 0 N–H and O–H groups in total. The van der Waals surface area contributed by atoms with Crippen molar-refractivity contribution in [1.82, 2.24) is 4.98 Å². The molecule has 1 atom stereocenters. The summed E-state index contributed by atoms with van der Waals surface area (Å²) in [6.45, 7) is 20.1. The molecular weight excluding hydrogens is 675 g/mol. The summed E-state index contributed by atoms with van der Waals surface area (Å²) in [6, 6.07) is 37.3. The summed E-state index contributed by atoms with van der Waals surface area (Å²) >= 11 is 0. The molecule has 0 fully saturated rings. The van der Waals surface area contributed by atoms with Crippen molar-refractivity contribution >= 4 is 16.5 Å². The Kier molecular flexibility index (Phi) is 14.4. The van der Waals surface area contributed by atoms with E-state index >= 15 is 0 Å². The molecule has 5 aromatic rings. The van der Waals surface area contributed by atoms with Gasteiger partial charge in [-0.1, -0.05) is 142 Å². The summed E-state index contributed by atoms with van der Waals surface area (Å²) in [7, 11) is 0. The number of pyridine rings is 1. The second-order valence-electron chi connectivity index (χ2n) is 10.4. The van der Waals surface area contributed by atoms with Crippen LogP contribution in [0.3, 0.4) is 0 Å². The van der Waals surface area contributed by atoms with Crippen molar-refractivity contribution in [3.05, 3.63) is 143 Å². The minimum absolute atomic E-state index is 0. The van der Waals surface area contributed by atoms with Crippen LogP contribution in [0.2, 0.25) is 0 Å². The number of hydrogen-bond acceptors (Lipinski definition) is 1. The molecular formula is C39H45HfN2-3. The van der Waals surface area contributed by atoms with Crippen LogP contribution in [0.15, 0.2) is 97.1 Å². The number of rotatable bonds is 7. The summed E-state index contributed by atoms with van der Waals surface area (Å²) in [5.41, 5.74) is 8.94. The van der Waals surface area contributed by atoms with Crippen molar-refractivity contribution < 1.29 is 25.8 Å². The second-order valence-corrected chi connectivity index (χ2v) is 10.4. The molecule has 0 radical (unpaired) electrons. The fraction of sp³-hybridized carbons (Fsp3) is 0.282. The van der Waals surface area contributed by atoms with Crippen LogP contribution in [0.1, 0.15) is 94.3 Å². The number of benzene rings is 4. The third-order valence-corrected chi connectivity index (χ3v) is 7.09. The summed E-state index contributed by atoms with van der Waals surface area (Å²) in [5.74, 6) is 0.758. The van der Waals surface area contributed by atoms with Crippen molar-refractivity contribution in [2.45, 2.75) is 73.3 Å². The van der Waals surface area contributed by atoms with Gasteiger partial charge in [0.15, 0.2) is 0 Å². The molecule has 0 aliphatic carbocycles. The molecule has 0 aliphatic heterocycles. The molecule has 3 heteroatoms. The van der Waals surface area contributed by atoms with Crippen molar-refractivity contribution in [2.24, 2.45) is 0 Å². The van der Waals surface area contributed by atoms with Gasteiger partial charge in [0, 0.05) is 31.5 Å². The van der Waals surface area contributed by atoms with E-state index in [1.54, 1.807) is 6.92 Å². The van der Waals surface area contributed by atoms with Crippen LogP contribution >= 0.6 is 0 Å². The van der Waals surface area contributed by atoms with E-state index in [0.717, 1.165) is 28.0 Å². The quantitative estimate of drug-likeness (QED) is 0.121. The summed E-state index contributed by atoms with van der Waals surface area (Å²) < 4.78 is 0. The van der Waals surface area contributed by atoms with Gasteiger partial charge in [0.1, 0.15) is 0 Å². The fourth-order valence-electron chi connectivity index (χ4n) is 5.15. The zero-order valence-electron chi connectivity index (χ0n) is 26.6. The molecule has 42 heavy (non-hydrogen) atoms. The van der Waals surface area contributed by atoms with Gasteiger partial charge in [0.25, 0.3) is 0 Å². The first-order valence-electron chi connectivity index (χ1n) is 14.9. The Morgan fingerprint density at radius 3 is 1.98 bits per heavy atom. The average Bonchev–Trinajstić information content (AvgIpc) is 3.02. The Bertz CT molecular complexity index is 1530. The first kappa shape index (κ1) is 35.2. The predicted molar refractivity (Wildman–Crippen MR) is 179 cm³/mol. The van der Waals surface area contributed by atoms with E-state index in [9.17, 15) is 0 Å². The molecule has 0 saturated carbocycles. The van der Waals surface area contributed by atoms with E-state index in [1.165, 1.54) is 27.6 Å². The summed E-state index contributed by atoms with van der Waals surface area (Å²) in [4.78, 5) is 5.25. The first-order chi connectivity index (χ1) is 19.9. The van der Waals surface area contributed by atoms with Crippen LogP contribution in [0.4, 0.5) is 5.69 Å². The van der Waals surface area contributed by atoms with Gasteiger partial charge in [0.2, 0.25) is 0 Å². The zero-order chi connectivity index (χ0) is 29.9. The van der Waals surface area contributed by atoms with Gasteiger partial charge < -0.3 is 17.2 Å². The van der Waals surface area contributed by atoms with E-state index in [4.69, 9.17) is 10.3 Å². The molecule has 2 nitrogen and oxygen atoms in total. The number of aryl methyl sites for hydroxylation is 1. The van der Waals surface area contributed by atoms with E-state index in [-0.39, 0.29) is 31.9 Å². The molecule has 218 valence electrons. The maximum absolute atomic E-state index is 5.49. The van der Waals surface area contributed by atoms with E-state index in [1.807, 2.05) is 19.9 Å². The first-order valence-corrected chi connectivity index (χ1v) is 14.9. The number of nitrogens with zero attached hydrogens (tertiary/aromatic N) is 2. The molecule has 1 heterocycles. The van der Waals surface area contributed by atoms with Crippen LogP contribution in [-0.2, 0) is 25.8 Å². The molecule has 0 amide bonds. The average molecular weight is 720 g/mol. The predicted octanol–water partition coefficient (Wildman–Crippen LogP) is 11.9. The van der Waals surface area contributed by atoms with Crippen LogP contribution in [0.25, 0.3) is 27.3 Å². The maximum atomic E-state index is 5.49. The number of para-hydroxylation sites is 1. The number of hydrogen-bond donors (Lipinski definition) is 0. The standard InChI is InChI=1S/C35H34N2.C2H6.C2H5.Hf/c1-23(2)27-16-8-9-18-31(27)35(37-34-25(5)13-10-19-28(34)24(3)4)33-22-12-21-32(36-33)30-20-11-15-26-14-6-7-17-29(26)30;2*1-2;/h6-19,21-24,35H,1-5H3;1-2H3;1H2,2H3;/q-2;;-1;. The third-order valence-electron chi connectivity index (χ3n) is 7.09. The van der Waals surface area contributed by atoms with Gasteiger partial charge in [-0.15, -0.1) is 34.8 Å². The maximum Gasteiger partial charge on any atom is 0.0195 e. The fourth-order valence-corrected chi connectivity index (χ4v) is 5.15. The minimum atomic E-state index is -0.216. The van der Waals surface area contributed by atoms with Crippen LogP contribution in [0.5, 0.6) is 0 Å². The Morgan fingerprint density at radius 2 is 1.29 bits per heavy atom. The van der Waals surface area contributed by atoms with Gasteiger partial charge in [-0.2, -0.15) is 6.92 Å². The van der Waals surface area contributed by atoms with Crippen molar-refractivity contribution in [2.75, 3.05) is 0 Å². The SMILES string of the molecule is CC.Cc1cccc(C(C)C)c1[N-]C(c1cccc(-c2[c-]ccc3ccccc23)n1)c1ccccc1C(C)C.[CH2-]C.[Hf]. The molecule has 4 aromatic carbocycles. The topological polar surface area (TPSA) is 27.0 Å². The normalized spacial score (nSPS) is 11.1. The molecule has 0 saturated heterocycles.